The molecule has 3 heterocycles. The summed E-state index contributed by atoms with van der Waals surface area (Å²) in [6.07, 6.45) is 11.8. The van der Waals surface area contributed by atoms with E-state index in [1.807, 2.05) is 29.5 Å². The summed E-state index contributed by atoms with van der Waals surface area (Å²) in [5, 5.41) is 4.46. The zero-order chi connectivity index (χ0) is 31.3. The van der Waals surface area contributed by atoms with E-state index >= 15 is 0 Å². The molecule has 0 atom stereocenters. The highest BCUT2D eigenvalue weighted by atomic mass is 32.1. The summed E-state index contributed by atoms with van der Waals surface area (Å²) < 4.78 is 14.5. The molecule has 5 rings (SSSR count). The number of benzene rings is 2. The highest BCUT2D eigenvalue weighted by molar-refractivity contribution is 7.17. The van der Waals surface area contributed by atoms with Crippen LogP contribution in [0.5, 0.6) is 5.75 Å². The van der Waals surface area contributed by atoms with E-state index in [0.29, 0.717) is 13.0 Å². The molecular formula is C37H49N3O4S. The molecular weight excluding hydrogens is 582 g/mol. The lowest BCUT2D eigenvalue weighted by atomic mass is 10.1. The van der Waals surface area contributed by atoms with Crippen LogP contribution in [-0.4, -0.2) is 54.8 Å². The number of piperazine rings is 1. The van der Waals surface area contributed by atoms with Crippen molar-refractivity contribution in [1.82, 2.24) is 9.47 Å². The van der Waals surface area contributed by atoms with E-state index in [4.69, 9.17) is 9.47 Å². The van der Waals surface area contributed by atoms with E-state index in [-0.39, 0.29) is 18.3 Å². The third kappa shape index (κ3) is 9.57. The van der Waals surface area contributed by atoms with Gasteiger partial charge in [0.1, 0.15) is 5.75 Å². The number of anilines is 1. The van der Waals surface area contributed by atoms with Crippen molar-refractivity contribution in [2.24, 2.45) is 0 Å². The number of hydrogen-bond acceptors (Lipinski definition) is 7. The highest BCUT2D eigenvalue weighted by Crippen LogP contribution is 2.31. The van der Waals surface area contributed by atoms with Crippen LogP contribution < -0.4 is 15.2 Å². The quantitative estimate of drug-likeness (QED) is 0.0815. The van der Waals surface area contributed by atoms with Gasteiger partial charge in [-0.1, -0.05) is 57.9 Å². The molecule has 0 N–H and O–H groups in total. The molecule has 4 aromatic rings. The highest BCUT2D eigenvalue weighted by Gasteiger charge is 2.18. The van der Waals surface area contributed by atoms with Gasteiger partial charge >= 0.3 is 5.97 Å². The molecule has 8 heteroatoms. The Kier molecular flexibility index (Phi) is 12.7. The van der Waals surface area contributed by atoms with Crippen molar-refractivity contribution >= 4 is 44.0 Å². The maximum absolute atomic E-state index is 12.7. The molecule has 45 heavy (non-hydrogen) atoms. The van der Waals surface area contributed by atoms with Crippen LogP contribution in [0.2, 0.25) is 0 Å². The third-order valence-electron chi connectivity index (χ3n) is 8.88. The van der Waals surface area contributed by atoms with Gasteiger partial charge in [-0.05, 0) is 73.0 Å². The number of aromatic nitrogens is 1. The van der Waals surface area contributed by atoms with Crippen LogP contribution in [0.25, 0.3) is 21.0 Å². The van der Waals surface area contributed by atoms with E-state index < -0.39 is 0 Å². The first-order chi connectivity index (χ1) is 22.1. The summed E-state index contributed by atoms with van der Waals surface area (Å²) in [5.41, 5.74) is 1.89. The normalized spacial score (nSPS) is 13.9. The number of esters is 1. The largest absolute Gasteiger partial charge is 0.494 e. The Morgan fingerprint density at radius 3 is 2.44 bits per heavy atom. The first-order valence-corrected chi connectivity index (χ1v) is 17.9. The third-order valence-corrected chi connectivity index (χ3v) is 9.76. The van der Waals surface area contributed by atoms with Crippen LogP contribution in [-0.2, 0) is 16.3 Å². The van der Waals surface area contributed by atoms with Gasteiger partial charge in [0.25, 0.3) is 5.56 Å². The molecule has 0 spiro atoms. The summed E-state index contributed by atoms with van der Waals surface area (Å²) in [7, 11) is 0. The van der Waals surface area contributed by atoms with Crippen molar-refractivity contribution in [3.63, 3.8) is 0 Å². The number of hydrogen-bond donors (Lipinski definition) is 0. The molecule has 0 saturated carbocycles. The van der Waals surface area contributed by atoms with Crippen molar-refractivity contribution in [1.29, 1.82) is 0 Å². The second kappa shape index (κ2) is 17.4. The van der Waals surface area contributed by atoms with Crippen molar-refractivity contribution < 1.29 is 14.3 Å². The van der Waals surface area contributed by atoms with Gasteiger partial charge in [0, 0.05) is 60.5 Å². The van der Waals surface area contributed by atoms with E-state index in [9.17, 15) is 9.59 Å². The Balaban J connectivity index is 1.01. The first kappa shape index (κ1) is 33.0. The first-order valence-electron chi connectivity index (χ1n) is 17.0. The summed E-state index contributed by atoms with van der Waals surface area (Å²) >= 11 is 1.81. The predicted molar refractivity (Wildman–Crippen MR) is 187 cm³/mol. The van der Waals surface area contributed by atoms with Crippen LogP contribution in [0, 0.1) is 0 Å². The average molecular weight is 632 g/mol. The number of rotatable bonds is 18. The molecule has 1 aliphatic rings. The standard InChI is InChI=1S/C37H49N3O4S/c1-2-3-4-5-6-7-8-9-15-37(42)44-29-40-34-28-31(18-16-30(34)17-19-36(40)41)43-26-11-10-21-38-22-24-39(25-23-38)33-13-12-14-35-32(33)20-27-45-35/h12-14,16-20,27-28H,2-11,15,21-26,29H2,1H3. The topological polar surface area (TPSA) is 64.0 Å². The number of pyridine rings is 1. The monoisotopic (exact) mass is 631 g/mol. The lowest BCUT2D eigenvalue weighted by Gasteiger charge is -2.36. The van der Waals surface area contributed by atoms with E-state index in [2.05, 4.69) is 46.4 Å². The molecule has 0 unspecified atom stereocenters. The van der Waals surface area contributed by atoms with Crippen molar-refractivity contribution in [2.75, 3.05) is 44.2 Å². The minimum Gasteiger partial charge on any atom is -0.494 e. The van der Waals surface area contributed by atoms with Gasteiger partial charge in [0.2, 0.25) is 0 Å². The predicted octanol–water partition coefficient (Wildman–Crippen LogP) is 8.23. The molecule has 0 bridgehead atoms. The molecule has 7 nitrogen and oxygen atoms in total. The van der Waals surface area contributed by atoms with Gasteiger partial charge in [-0.25, -0.2) is 0 Å². The smallest absolute Gasteiger partial charge is 0.307 e. The molecule has 0 radical (unpaired) electrons. The second-order valence-corrected chi connectivity index (χ2v) is 13.1. The van der Waals surface area contributed by atoms with Crippen LogP contribution >= 0.6 is 11.3 Å². The summed E-state index contributed by atoms with van der Waals surface area (Å²) in [4.78, 5) is 30.1. The Morgan fingerprint density at radius 2 is 1.62 bits per heavy atom. The molecule has 0 amide bonds. The number of fused-ring (bicyclic) bond motifs is 2. The van der Waals surface area contributed by atoms with Crippen LogP contribution in [0.1, 0.15) is 77.6 Å². The number of thiophene rings is 1. The summed E-state index contributed by atoms with van der Waals surface area (Å²) in [6.45, 7) is 8.10. The number of carbonyl (C=O) groups excluding carboxylic acids is 1. The fourth-order valence-corrected chi connectivity index (χ4v) is 7.00. The minimum atomic E-state index is -0.251. The fourth-order valence-electron chi connectivity index (χ4n) is 6.20. The number of nitrogens with zero attached hydrogens (tertiary/aromatic N) is 3. The lowest BCUT2D eigenvalue weighted by molar-refractivity contribution is -0.147. The van der Waals surface area contributed by atoms with Crippen molar-refractivity contribution in [3.8, 4) is 5.75 Å². The molecule has 1 aliphatic heterocycles. The van der Waals surface area contributed by atoms with Gasteiger partial charge in [0.15, 0.2) is 6.73 Å². The molecule has 1 fully saturated rings. The Morgan fingerprint density at radius 1 is 0.844 bits per heavy atom. The number of unbranched alkanes of at least 4 members (excludes halogenated alkanes) is 8. The average Bonchev–Trinajstić information content (AvgIpc) is 3.55. The second-order valence-electron chi connectivity index (χ2n) is 12.2. The van der Waals surface area contributed by atoms with E-state index in [1.165, 1.54) is 58.5 Å². The Hall–Kier alpha value is -3.36. The molecule has 2 aromatic heterocycles. The molecule has 242 valence electrons. The number of carbonyl (C=O) groups is 1. The minimum absolute atomic E-state index is 0.0782. The summed E-state index contributed by atoms with van der Waals surface area (Å²) in [5.74, 6) is 0.474. The van der Waals surface area contributed by atoms with E-state index in [1.54, 1.807) is 6.07 Å². The molecule has 2 aromatic carbocycles. The van der Waals surface area contributed by atoms with Crippen molar-refractivity contribution in [2.45, 2.75) is 84.3 Å². The van der Waals surface area contributed by atoms with Gasteiger partial charge in [0.05, 0.1) is 12.1 Å². The lowest BCUT2D eigenvalue weighted by Crippen LogP contribution is -2.46. The zero-order valence-corrected chi connectivity index (χ0v) is 27.7. The Labute approximate surface area is 271 Å². The van der Waals surface area contributed by atoms with Crippen LogP contribution in [0.3, 0.4) is 0 Å². The van der Waals surface area contributed by atoms with Gasteiger partial charge in [-0.3, -0.25) is 19.1 Å². The van der Waals surface area contributed by atoms with Gasteiger partial charge in [-0.2, -0.15) is 0 Å². The molecule has 0 aliphatic carbocycles. The molecule has 1 saturated heterocycles. The summed E-state index contributed by atoms with van der Waals surface area (Å²) in [6, 6.07) is 18.0. The van der Waals surface area contributed by atoms with E-state index in [0.717, 1.165) is 81.5 Å². The fraction of sp³-hybridized carbons (Fsp3) is 0.514. The van der Waals surface area contributed by atoms with Gasteiger partial charge < -0.3 is 14.4 Å². The van der Waals surface area contributed by atoms with Crippen LogP contribution in [0.4, 0.5) is 5.69 Å². The Bertz CT molecular complexity index is 1560. The number of ether oxygens (including phenoxy) is 2. The zero-order valence-electron chi connectivity index (χ0n) is 26.9. The van der Waals surface area contributed by atoms with Crippen LogP contribution in [0.15, 0.2) is 64.8 Å². The maximum Gasteiger partial charge on any atom is 0.307 e. The SMILES string of the molecule is CCCCCCCCCCC(=O)OCn1c(=O)ccc2ccc(OCCCCN3CCN(c4cccc5sccc45)CC3)cc21. The van der Waals surface area contributed by atoms with Crippen molar-refractivity contribution in [3.05, 3.63) is 70.3 Å². The maximum atomic E-state index is 12.7. The van der Waals surface area contributed by atoms with Gasteiger partial charge in [-0.15, -0.1) is 11.3 Å².